The molecule has 0 spiro atoms. The molecule has 6 heteroatoms. The molecule has 0 saturated carbocycles. The number of hydrogen-bond donors (Lipinski definition) is 1. The number of carboxylic acid groups (broad SMARTS) is 1. The summed E-state index contributed by atoms with van der Waals surface area (Å²) in [6, 6.07) is 5.88. The fraction of sp³-hybridized carbons (Fsp3) is 0.364. The molecule has 6 nitrogen and oxygen atoms in total. The Hall–Kier alpha value is -2.20. The lowest BCUT2D eigenvalue weighted by Crippen LogP contribution is -2.23. The zero-order valence-corrected chi connectivity index (χ0v) is 9.57. The maximum Gasteiger partial charge on any atom is 0.313 e. The van der Waals surface area contributed by atoms with Crippen molar-refractivity contribution in [3.63, 3.8) is 0 Å². The topological polar surface area (TPSA) is 95.3 Å². The van der Waals surface area contributed by atoms with Gasteiger partial charge in [-0.1, -0.05) is 24.2 Å². The van der Waals surface area contributed by atoms with E-state index in [0.717, 1.165) is 5.56 Å². The number of rotatable bonds is 5. The Morgan fingerprint density at radius 2 is 2.06 bits per heavy atom. The van der Waals surface area contributed by atoms with Gasteiger partial charge in [-0.25, -0.2) is 0 Å². The quantitative estimate of drug-likeness (QED) is 0.482. The normalized spacial score (nSPS) is 13.3. The van der Waals surface area contributed by atoms with E-state index in [1.807, 2.05) is 0 Å². The average Bonchev–Trinajstić information content (AvgIpc) is 2.35. The maximum absolute atomic E-state index is 10.9. The lowest BCUT2D eigenvalue weighted by atomic mass is 9.94. The summed E-state index contributed by atoms with van der Waals surface area (Å²) in [5.74, 6) is -0.836. The molecule has 0 amide bonds. The molecule has 0 saturated heterocycles. The molecule has 0 bridgehead atoms. The predicted molar refractivity (Wildman–Crippen MR) is 62.0 cm³/mol. The van der Waals surface area contributed by atoms with Gasteiger partial charge < -0.3 is 9.84 Å². The van der Waals surface area contributed by atoms with Crippen LogP contribution in [0.25, 0.3) is 10.4 Å². The number of carbonyl (C=O) groups is 1. The highest BCUT2D eigenvalue weighted by Crippen LogP contribution is 2.24. The molecule has 1 aromatic rings. The number of aliphatic carboxylic acids is 1. The van der Waals surface area contributed by atoms with Gasteiger partial charge in [0, 0.05) is 10.8 Å². The van der Waals surface area contributed by atoms with Crippen molar-refractivity contribution < 1.29 is 14.6 Å². The molecule has 1 N–H and O–H groups in total. The van der Waals surface area contributed by atoms with Crippen molar-refractivity contribution in [1.29, 1.82) is 0 Å². The summed E-state index contributed by atoms with van der Waals surface area (Å²) < 4.78 is 5.01. The number of nitrogens with zero attached hydrogens (tertiary/aromatic N) is 3. The van der Waals surface area contributed by atoms with Crippen LogP contribution < -0.4 is 4.74 Å². The smallest absolute Gasteiger partial charge is 0.313 e. The van der Waals surface area contributed by atoms with Crippen molar-refractivity contribution in [3.05, 3.63) is 40.3 Å². The number of ether oxygens (including phenoxy) is 1. The van der Waals surface area contributed by atoms with Crippen molar-refractivity contribution in [1.82, 2.24) is 0 Å². The lowest BCUT2D eigenvalue weighted by molar-refractivity contribution is -0.138. The molecule has 0 aromatic heterocycles. The minimum Gasteiger partial charge on any atom is -0.497 e. The summed E-state index contributed by atoms with van der Waals surface area (Å²) in [7, 11) is 1.55. The van der Waals surface area contributed by atoms with Crippen molar-refractivity contribution in [3.8, 4) is 5.75 Å². The lowest BCUT2D eigenvalue weighted by Gasteiger charge is -2.16. The zero-order chi connectivity index (χ0) is 12.8. The number of carboxylic acids is 1. The van der Waals surface area contributed by atoms with Crippen LogP contribution in [0.4, 0.5) is 0 Å². The average molecular weight is 235 g/mol. The van der Waals surface area contributed by atoms with Gasteiger partial charge in [0.1, 0.15) is 11.8 Å². The van der Waals surface area contributed by atoms with Gasteiger partial charge in [0.25, 0.3) is 0 Å². The van der Waals surface area contributed by atoms with E-state index in [1.54, 1.807) is 38.3 Å². The molecule has 0 unspecified atom stereocenters. The molecule has 0 aliphatic heterocycles. The monoisotopic (exact) mass is 235 g/mol. The molecule has 1 aromatic carbocycles. The van der Waals surface area contributed by atoms with E-state index in [2.05, 4.69) is 10.0 Å². The van der Waals surface area contributed by atoms with Gasteiger partial charge in [0.15, 0.2) is 0 Å². The summed E-state index contributed by atoms with van der Waals surface area (Å²) in [4.78, 5) is 13.5. The van der Waals surface area contributed by atoms with E-state index in [-0.39, 0.29) is 0 Å². The number of hydrogen-bond acceptors (Lipinski definition) is 3. The third kappa shape index (κ3) is 3.12. The first-order valence-corrected chi connectivity index (χ1v) is 5.01. The van der Waals surface area contributed by atoms with E-state index in [9.17, 15) is 4.79 Å². The molecule has 2 atom stereocenters. The van der Waals surface area contributed by atoms with Crippen molar-refractivity contribution in [2.24, 2.45) is 5.11 Å². The van der Waals surface area contributed by atoms with Gasteiger partial charge in [0.05, 0.1) is 7.11 Å². The second-order valence-corrected chi connectivity index (χ2v) is 3.55. The van der Waals surface area contributed by atoms with Gasteiger partial charge >= 0.3 is 5.97 Å². The first-order valence-electron chi connectivity index (χ1n) is 5.01. The van der Waals surface area contributed by atoms with Crippen LogP contribution in [-0.4, -0.2) is 24.2 Å². The van der Waals surface area contributed by atoms with Crippen molar-refractivity contribution in [2.45, 2.75) is 18.9 Å². The highest BCUT2D eigenvalue weighted by molar-refractivity contribution is 5.75. The number of azide groups is 1. The largest absolute Gasteiger partial charge is 0.497 e. The Morgan fingerprint density at radius 1 is 1.47 bits per heavy atom. The van der Waals surface area contributed by atoms with Gasteiger partial charge in [0.2, 0.25) is 0 Å². The molecule has 0 aliphatic carbocycles. The molecule has 1 rings (SSSR count). The fourth-order valence-corrected chi connectivity index (χ4v) is 1.51. The summed E-state index contributed by atoms with van der Waals surface area (Å²) >= 11 is 0. The highest BCUT2D eigenvalue weighted by Gasteiger charge is 2.24. The zero-order valence-electron chi connectivity index (χ0n) is 9.57. The summed E-state index contributed by atoms with van der Waals surface area (Å²) in [5.41, 5.74) is 9.12. The number of benzene rings is 1. The molecule has 0 heterocycles. The SMILES string of the molecule is COc1ccc([C@@H](C)[C@H](N=[N+]=[N-])C(=O)O)cc1. The van der Waals surface area contributed by atoms with Crippen LogP contribution >= 0.6 is 0 Å². The van der Waals surface area contributed by atoms with Crippen LogP contribution in [0.3, 0.4) is 0 Å². The van der Waals surface area contributed by atoms with Crippen LogP contribution in [-0.2, 0) is 4.79 Å². The first-order chi connectivity index (χ1) is 8.10. The second kappa shape index (κ2) is 5.77. The van der Waals surface area contributed by atoms with E-state index < -0.39 is 17.9 Å². The van der Waals surface area contributed by atoms with E-state index in [4.69, 9.17) is 15.4 Å². The Balaban J connectivity index is 2.96. The van der Waals surface area contributed by atoms with Gasteiger partial charge in [-0.2, -0.15) is 0 Å². The Labute approximate surface area is 98.5 Å². The first kappa shape index (κ1) is 12.9. The van der Waals surface area contributed by atoms with Gasteiger partial charge in [-0.15, -0.1) is 0 Å². The molecule has 90 valence electrons. The Kier molecular flexibility index (Phi) is 4.37. The third-order valence-electron chi connectivity index (χ3n) is 2.54. The molecular weight excluding hydrogens is 222 g/mol. The standard InChI is InChI=1S/C11H13N3O3/c1-7(10(11(15)16)13-14-12)8-3-5-9(17-2)6-4-8/h3-7,10H,1-2H3,(H,15,16)/t7-,10+/m1/s1. The van der Waals surface area contributed by atoms with E-state index in [0.29, 0.717) is 5.75 Å². The molecule has 0 aliphatic rings. The highest BCUT2D eigenvalue weighted by atomic mass is 16.5. The van der Waals surface area contributed by atoms with Crippen LogP contribution in [0.1, 0.15) is 18.4 Å². The van der Waals surface area contributed by atoms with Crippen molar-refractivity contribution in [2.75, 3.05) is 7.11 Å². The summed E-state index contributed by atoms with van der Waals surface area (Å²) in [6.07, 6.45) is 0. The minimum atomic E-state index is -1.13. The molecular formula is C11H13N3O3. The summed E-state index contributed by atoms with van der Waals surface area (Å²) in [6.45, 7) is 1.70. The Morgan fingerprint density at radius 3 is 2.47 bits per heavy atom. The van der Waals surface area contributed by atoms with Crippen LogP contribution in [0.2, 0.25) is 0 Å². The molecule has 17 heavy (non-hydrogen) atoms. The second-order valence-electron chi connectivity index (χ2n) is 3.55. The third-order valence-corrected chi connectivity index (χ3v) is 2.54. The number of methoxy groups -OCH3 is 1. The predicted octanol–water partition coefficient (Wildman–Crippen LogP) is 2.56. The van der Waals surface area contributed by atoms with Crippen LogP contribution in [0.5, 0.6) is 5.75 Å². The van der Waals surface area contributed by atoms with Gasteiger partial charge in [-0.05, 0) is 23.2 Å². The van der Waals surface area contributed by atoms with Crippen molar-refractivity contribution >= 4 is 5.97 Å². The van der Waals surface area contributed by atoms with Crippen LogP contribution in [0, 0.1) is 0 Å². The fourth-order valence-electron chi connectivity index (χ4n) is 1.51. The van der Waals surface area contributed by atoms with Crippen LogP contribution in [0.15, 0.2) is 29.4 Å². The molecule has 0 radical (unpaired) electrons. The minimum absolute atomic E-state index is 0.394. The van der Waals surface area contributed by atoms with E-state index >= 15 is 0 Å². The molecule has 0 fully saturated rings. The van der Waals surface area contributed by atoms with Gasteiger partial charge in [-0.3, -0.25) is 4.79 Å². The summed E-state index contributed by atoms with van der Waals surface area (Å²) in [5, 5.41) is 12.2. The Bertz CT molecular complexity index is 436. The maximum atomic E-state index is 10.9. The van der Waals surface area contributed by atoms with E-state index in [1.165, 1.54) is 0 Å².